The topological polar surface area (TPSA) is 29.3 Å². The van der Waals surface area contributed by atoms with Crippen LogP contribution < -0.4 is 5.73 Å². The first kappa shape index (κ1) is 13.1. The Kier molecular flexibility index (Phi) is 3.85. The summed E-state index contributed by atoms with van der Waals surface area (Å²) >= 11 is 0. The summed E-state index contributed by atoms with van der Waals surface area (Å²) in [6.45, 7) is 2.53. The van der Waals surface area contributed by atoms with Crippen LogP contribution >= 0.6 is 0 Å². The summed E-state index contributed by atoms with van der Waals surface area (Å²) < 4.78 is 13.4. The van der Waals surface area contributed by atoms with Gasteiger partial charge in [-0.15, -0.1) is 0 Å². The first-order valence-electron chi connectivity index (χ1n) is 7.49. The van der Waals surface area contributed by atoms with Gasteiger partial charge in [-0.2, -0.15) is 0 Å². The molecule has 0 bridgehead atoms. The average molecular weight is 262 g/mol. The van der Waals surface area contributed by atoms with Crippen LogP contribution in [-0.2, 0) is 13.1 Å². The zero-order valence-electron chi connectivity index (χ0n) is 11.4. The number of fused-ring (bicyclic) bond motifs is 1. The number of nitrogens with zero attached hydrogens (tertiary/aromatic N) is 1. The summed E-state index contributed by atoms with van der Waals surface area (Å²) in [5.74, 6) is 0.732. The first-order valence-corrected chi connectivity index (χ1v) is 7.49. The zero-order chi connectivity index (χ0) is 13.2. The van der Waals surface area contributed by atoms with Crippen LogP contribution in [0.5, 0.6) is 0 Å². The molecule has 1 saturated carbocycles. The van der Waals surface area contributed by atoms with E-state index in [1.807, 2.05) is 6.07 Å². The largest absolute Gasteiger partial charge is 0.326 e. The molecule has 2 atom stereocenters. The maximum atomic E-state index is 13.4. The van der Waals surface area contributed by atoms with E-state index in [9.17, 15) is 4.39 Å². The van der Waals surface area contributed by atoms with Crippen molar-refractivity contribution in [1.29, 1.82) is 0 Å². The average Bonchev–Trinajstić information content (AvgIpc) is 2.83. The Balaban J connectivity index is 1.76. The maximum absolute atomic E-state index is 13.4. The third kappa shape index (κ3) is 2.67. The van der Waals surface area contributed by atoms with Gasteiger partial charge < -0.3 is 5.73 Å². The summed E-state index contributed by atoms with van der Waals surface area (Å²) in [6, 6.07) is 5.74. The van der Waals surface area contributed by atoms with E-state index in [0.29, 0.717) is 6.54 Å². The Morgan fingerprint density at radius 3 is 2.84 bits per heavy atom. The molecule has 1 aromatic carbocycles. The molecule has 0 radical (unpaired) electrons. The highest BCUT2D eigenvalue weighted by atomic mass is 19.1. The van der Waals surface area contributed by atoms with Crippen LogP contribution in [0.4, 0.5) is 4.39 Å². The van der Waals surface area contributed by atoms with Gasteiger partial charge in [-0.05, 0) is 55.0 Å². The second-order valence-corrected chi connectivity index (χ2v) is 5.99. The van der Waals surface area contributed by atoms with Crippen molar-refractivity contribution in [3.05, 3.63) is 35.1 Å². The molecule has 1 aliphatic carbocycles. The molecule has 2 N–H and O–H groups in total. The summed E-state index contributed by atoms with van der Waals surface area (Å²) in [6.07, 6.45) is 6.76. The Hall–Kier alpha value is -0.930. The van der Waals surface area contributed by atoms with Crippen molar-refractivity contribution in [2.24, 2.45) is 11.7 Å². The number of hydrogen-bond donors (Lipinski definition) is 1. The van der Waals surface area contributed by atoms with E-state index in [2.05, 4.69) is 4.90 Å². The molecule has 2 aliphatic rings. The smallest absolute Gasteiger partial charge is 0.123 e. The standard InChI is InChI=1S/C16H23FN2/c17-15-6-5-13(10-18)14(9-15)11-19-8-7-12-3-1-2-4-16(12)19/h5-6,9,12,16H,1-4,7-8,10-11,18H2. The molecule has 2 fully saturated rings. The molecule has 104 valence electrons. The zero-order valence-corrected chi connectivity index (χ0v) is 11.4. The molecule has 1 aromatic rings. The van der Waals surface area contributed by atoms with E-state index in [-0.39, 0.29) is 5.82 Å². The van der Waals surface area contributed by atoms with E-state index in [4.69, 9.17) is 5.73 Å². The van der Waals surface area contributed by atoms with Crippen LogP contribution in [-0.4, -0.2) is 17.5 Å². The number of nitrogens with two attached hydrogens (primary N) is 1. The molecule has 2 unspecified atom stereocenters. The van der Waals surface area contributed by atoms with Gasteiger partial charge in [0, 0.05) is 19.1 Å². The summed E-state index contributed by atoms with van der Waals surface area (Å²) in [5, 5.41) is 0. The maximum Gasteiger partial charge on any atom is 0.123 e. The molecule has 1 heterocycles. The highest BCUT2D eigenvalue weighted by Gasteiger charge is 2.35. The molecular formula is C16H23FN2. The number of halogens is 1. The monoisotopic (exact) mass is 262 g/mol. The number of likely N-dealkylation sites (tertiary alicyclic amines) is 1. The van der Waals surface area contributed by atoms with Crippen molar-refractivity contribution in [3.63, 3.8) is 0 Å². The van der Waals surface area contributed by atoms with Crippen molar-refractivity contribution in [1.82, 2.24) is 4.90 Å². The van der Waals surface area contributed by atoms with Crippen LogP contribution in [0.3, 0.4) is 0 Å². The van der Waals surface area contributed by atoms with E-state index < -0.39 is 0 Å². The molecule has 0 amide bonds. The lowest BCUT2D eigenvalue weighted by Gasteiger charge is -2.32. The number of rotatable bonds is 3. The highest BCUT2D eigenvalue weighted by molar-refractivity contribution is 5.28. The van der Waals surface area contributed by atoms with Gasteiger partial charge in [0.15, 0.2) is 0 Å². The predicted molar refractivity (Wildman–Crippen MR) is 75.1 cm³/mol. The van der Waals surface area contributed by atoms with E-state index in [0.717, 1.165) is 36.2 Å². The molecular weight excluding hydrogens is 239 g/mol. The Labute approximate surface area is 114 Å². The molecule has 19 heavy (non-hydrogen) atoms. The van der Waals surface area contributed by atoms with E-state index >= 15 is 0 Å². The summed E-state index contributed by atoms with van der Waals surface area (Å²) in [7, 11) is 0. The van der Waals surface area contributed by atoms with E-state index in [1.165, 1.54) is 38.2 Å². The van der Waals surface area contributed by atoms with Gasteiger partial charge in [-0.1, -0.05) is 18.9 Å². The minimum Gasteiger partial charge on any atom is -0.326 e. The molecule has 0 spiro atoms. The minimum absolute atomic E-state index is 0.147. The lowest BCUT2D eigenvalue weighted by atomic mass is 9.85. The minimum atomic E-state index is -0.147. The molecule has 3 rings (SSSR count). The van der Waals surface area contributed by atoms with Crippen molar-refractivity contribution in [2.45, 2.75) is 51.2 Å². The Morgan fingerprint density at radius 2 is 2.00 bits per heavy atom. The fourth-order valence-electron chi connectivity index (χ4n) is 3.86. The van der Waals surface area contributed by atoms with Gasteiger partial charge in [-0.3, -0.25) is 4.90 Å². The van der Waals surface area contributed by atoms with Gasteiger partial charge in [0.2, 0.25) is 0 Å². The van der Waals surface area contributed by atoms with Crippen molar-refractivity contribution in [2.75, 3.05) is 6.54 Å². The van der Waals surface area contributed by atoms with Gasteiger partial charge >= 0.3 is 0 Å². The first-order chi connectivity index (χ1) is 9.28. The molecule has 1 aliphatic heterocycles. The van der Waals surface area contributed by atoms with Crippen molar-refractivity contribution >= 4 is 0 Å². The molecule has 1 saturated heterocycles. The van der Waals surface area contributed by atoms with Crippen molar-refractivity contribution in [3.8, 4) is 0 Å². The van der Waals surface area contributed by atoms with Crippen LogP contribution in [0.1, 0.15) is 43.2 Å². The van der Waals surface area contributed by atoms with Crippen molar-refractivity contribution < 1.29 is 4.39 Å². The van der Waals surface area contributed by atoms with E-state index in [1.54, 1.807) is 6.07 Å². The van der Waals surface area contributed by atoms with Crippen LogP contribution in [0.25, 0.3) is 0 Å². The van der Waals surface area contributed by atoms with Crippen LogP contribution in [0, 0.1) is 11.7 Å². The fraction of sp³-hybridized carbons (Fsp3) is 0.625. The Morgan fingerprint density at radius 1 is 1.16 bits per heavy atom. The molecule has 2 nitrogen and oxygen atoms in total. The SMILES string of the molecule is NCc1ccc(F)cc1CN1CCC2CCCCC21. The number of hydrogen-bond acceptors (Lipinski definition) is 2. The summed E-state index contributed by atoms with van der Waals surface area (Å²) in [4.78, 5) is 2.55. The normalized spacial score (nSPS) is 27.5. The predicted octanol–water partition coefficient (Wildman–Crippen LogP) is 3.05. The van der Waals surface area contributed by atoms with Gasteiger partial charge in [0.1, 0.15) is 5.82 Å². The molecule has 0 aromatic heterocycles. The third-order valence-corrected chi connectivity index (χ3v) is 4.89. The van der Waals surface area contributed by atoms with Gasteiger partial charge in [-0.25, -0.2) is 4.39 Å². The Bertz CT molecular complexity index is 446. The highest BCUT2D eigenvalue weighted by Crippen LogP contribution is 2.37. The fourth-order valence-corrected chi connectivity index (χ4v) is 3.86. The van der Waals surface area contributed by atoms with Crippen LogP contribution in [0.15, 0.2) is 18.2 Å². The lowest BCUT2D eigenvalue weighted by molar-refractivity contribution is 0.175. The third-order valence-electron chi connectivity index (χ3n) is 4.89. The van der Waals surface area contributed by atoms with Gasteiger partial charge in [0.25, 0.3) is 0 Å². The molecule has 3 heteroatoms. The van der Waals surface area contributed by atoms with Crippen LogP contribution in [0.2, 0.25) is 0 Å². The van der Waals surface area contributed by atoms with Gasteiger partial charge in [0.05, 0.1) is 0 Å². The lowest BCUT2D eigenvalue weighted by Crippen LogP contribution is -2.34. The number of benzene rings is 1. The summed E-state index contributed by atoms with van der Waals surface area (Å²) in [5.41, 5.74) is 7.93. The second-order valence-electron chi connectivity index (χ2n) is 5.99. The second kappa shape index (κ2) is 5.59. The quantitative estimate of drug-likeness (QED) is 0.907.